The zero-order valence-electron chi connectivity index (χ0n) is 17.0. The van der Waals surface area contributed by atoms with E-state index in [1.807, 2.05) is 31.2 Å². The van der Waals surface area contributed by atoms with Crippen molar-refractivity contribution in [3.8, 4) is 11.5 Å². The lowest BCUT2D eigenvalue weighted by molar-refractivity contribution is -0.124. The molecule has 30 heavy (non-hydrogen) atoms. The average molecular weight is 404 g/mol. The van der Waals surface area contributed by atoms with Crippen LogP contribution in [0.4, 0.5) is 0 Å². The van der Waals surface area contributed by atoms with Crippen LogP contribution in [0.25, 0.3) is 22.6 Å². The van der Waals surface area contributed by atoms with Crippen LogP contribution in [0.15, 0.2) is 42.9 Å². The smallest absolute Gasteiger partial charge is 0.243 e. The van der Waals surface area contributed by atoms with Crippen molar-refractivity contribution < 1.29 is 4.79 Å². The highest BCUT2D eigenvalue weighted by Crippen LogP contribution is 2.24. The monoisotopic (exact) mass is 404 g/mol. The highest BCUT2D eigenvalue weighted by Gasteiger charge is 2.24. The maximum Gasteiger partial charge on any atom is 0.243 e. The quantitative estimate of drug-likeness (QED) is 0.467. The van der Waals surface area contributed by atoms with Gasteiger partial charge in [-0.05, 0) is 25.0 Å². The molecule has 0 radical (unpaired) electrons. The van der Waals surface area contributed by atoms with Gasteiger partial charge >= 0.3 is 0 Å². The maximum atomic E-state index is 13.1. The molecule has 0 saturated carbocycles. The van der Waals surface area contributed by atoms with Crippen LogP contribution < -0.4 is 5.32 Å². The lowest BCUT2D eigenvalue weighted by atomic mass is 10.1. The molecule has 3 aromatic heterocycles. The van der Waals surface area contributed by atoms with Gasteiger partial charge < -0.3 is 9.88 Å². The van der Waals surface area contributed by atoms with E-state index in [0.29, 0.717) is 23.8 Å². The number of H-pyrrole nitrogens is 1. The molecule has 0 aliphatic heterocycles. The number of benzene rings is 1. The van der Waals surface area contributed by atoms with Gasteiger partial charge in [0.2, 0.25) is 11.7 Å². The van der Waals surface area contributed by atoms with Gasteiger partial charge in [-0.1, -0.05) is 26.0 Å². The third kappa shape index (κ3) is 3.91. The minimum atomic E-state index is -0.346. The number of nitrogens with one attached hydrogen (secondary N) is 2. The van der Waals surface area contributed by atoms with Crippen molar-refractivity contribution in [2.75, 3.05) is 0 Å². The Kier molecular flexibility index (Phi) is 5.78. The van der Waals surface area contributed by atoms with Crippen LogP contribution in [-0.2, 0) is 17.8 Å². The number of carbonyl (C=O) groups is 1. The van der Waals surface area contributed by atoms with Crippen molar-refractivity contribution in [1.82, 2.24) is 40.0 Å². The zero-order chi connectivity index (χ0) is 20.9. The van der Waals surface area contributed by atoms with Crippen LogP contribution in [0.2, 0.25) is 0 Å². The van der Waals surface area contributed by atoms with E-state index in [1.54, 1.807) is 18.6 Å². The molecule has 1 amide bonds. The molecule has 9 nitrogen and oxygen atoms in total. The Morgan fingerprint density at radius 3 is 2.83 bits per heavy atom. The molecule has 0 fully saturated rings. The summed E-state index contributed by atoms with van der Waals surface area (Å²) in [5.74, 6) is 1.87. The summed E-state index contributed by atoms with van der Waals surface area (Å²) in [6.45, 7) is 4.37. The second kappa shape index (κ2) is 8.81. The number of aromatic nitrogens is 7. The van der Waals surface area contributed by atoms with E-state index in [4.69, 9.17) is 4.98 Å². The molecule has 0 bridgehead atoms. The summed E-state index contributed by atoms with van der Waals surface area (Å²) in [5.41, 5.74) is 2.47. The normalized spacial score (nSPS) is 12.2. The number of hydrogen-bond acceptors (Lipinski definition) is 6. The number of hydrogen-bond donors (Lipinski definition) is 2. The van der Waals surface area contributed by atoms with Gasteiger partial charge in [-0.2, -0.15) is 5.10 Å². The Balaban J connectivity index is 1.52. The van der Waals surface area contributed by atoms with Gasteiger partial charge in [0.1, 0.15) is 23.4 Å². The second-order valence-electron chi connectivity index (χ2n) is 6.97. The number of aryl methyl sites for hydroxylation is 1. The summed E-state index contributed by atoms with van der Waals surface area (Å²) in [6, 6.07) is 7.60. The molecule has 1 atom stereocenters. The van der Waals surface area contributed by atoms with Gasteiger partial charge in [0.05, 0.1) is 23.8 Å². The predicted octanol–water partition coefficient (Wildman–Crippen LogP) is 2.83. The molecule has 2 N–H and O–H groups in total. The minimum absolute atomic E-state index is 0.0736. The molecule has 0 aliphatic carbocycles. The lowest BCUT2D eigenvalue weighted by Gasteiger charge is -2.19. The zero-order valence-corrected chi connectivity index (χ0v) is 17.0. The van der Waals surface area contributed by atoms with Gasteiger partial charge in [-0.15, -0.1) is 0 Å². The van der Waals surface area contributed by atoms with Gasteiger partial charge in [-0.3, -0.25) is 14.9 Å². The molecule has 1 unspecified atom stereocenters. The highest BCUT2D eigenvalue weighted by molar-refractivity contribution is 5.84. The van der Waals surface area contributed by atoms with Crippen LogP contribution in [0.3, 0.4) is 0 Å². The fraction of sp³-hybridized carbons (Fsp3) is 0.333. The minimum Gasteiger partial charge on any atom is -0.347 e. The number of amides is 1. The molecule has 1 aromatic carbocycles. The summed E-state index contributed by atoms with van der Waals surface area (Å²) in [7, 11) is 0. The number of rotatable bonds is 8. The van der Waals surface area contributed by atoms with Gasteiger partial charge in [0.25, 0.3) is 0 Å². The first kappa shape index (κ1) is 19.7. The van der Waals surface area contributed by atoms with Gasteiger partial charge in [0.15, 0.2) is 0 Å². The number of para-hydroxylation sites is 2. The summed E-state index contributed by atoms with van der Waals surface area (Å²) in [6.07, 6.45) is 7.21. The molecular weight excluding hydrogens is 380 g/mol. The Morgan fingerprint density at radius 1 is 1.20 bits per heavy atom. The van der Waals surface area contributed by atoms with Crippen LogP contribution in [-0.4, -0.2) is 40.6 Å². The first-order chi connectivity index (χ1) is 14.7. The van der Waals surface area contributed by atoms with Crippen molar-refractivity contribution in [2.24, 2.45) is 0 Å². The Hall–Kier alpha value is -3.62. The first-order valence-electron chi connectivity index (χ1n) is 10.1. The fourth-order valence-corrected chi connectivity index (χ4v) is 3.52. The molecule has 9 heteroatoms. The molecule has 0 saturated heterocycles. The maximum absolute atomic E-state index is 13.1. The fourth-order valence-electron chi connectivity index (χ4n) is 3.52. The van der Waals surface area contributed by atoms with E-state index in [9.17, 15) is 4.79 Å². The standard InChI is InChI=1S/C21H24N8O/c1-3-7-19-25-14-8-5-6-9-17(14)29(19)16(4-2)21(30)24-13-18-26-20(28-27-18)15-12-22-10-11-23-15/h5-6,8-12,16H,3-4,7,13H2,1-2H3,(H,24,30)(H,26,27,28). The van der Waals surface area contributed by atoms with Crippen molar-refractivity contribution in [2.45, 2.75) is 45.7 Å². The number of imidazole rings is 1. The Morgan fingerprint density at radius 2 is 2.07 bits per heavy atom. The molecule has 3 heterocycles. The summed E-state index contributed by atoms with van der Waals surface area (Å²) < 4.78 is 2.07. The Labute approximate surface area is 174 Å². The van der Waals surface area contributed by atoms with Crippen molar-refractivity contribution in [3.05, 3.63) is 54.5 Å². The van der Waals surface area contributed by atoms with E-state index in [0.717, 1.165) is 29.7 Å². The molecule has 0 spiro atoms. The summed E-state index contributed by atoms with van der Waals surface area (Å²) in [5, 5.41) is 9.98. The largest absolute Gasteiger partial charge is 0.347 e. The SMILES string of the molecule is CCCc1nc2ccccc2n1C(CC)C(=O)NCc1nc(-c2cnccn2)n[nH]1. The summed E-state index contributed by atoms with van der Waals surface area (Å²) >= 11 is 0. The van der Waals surface area contributed by atoms with Crippen LogP contribution in [0.1, 0.15) is 44.4 Å². The van der Waals surface area contributed by atoms with Crippen LogP contribution >= 0.6 is 0 Å². The van der Waals surface area contributed by atoms with E-state index >= 15 is 0 Å². The topological polar surface area (TPSA) is 114 Å². The third-order valence-corrected chi connectivity index (χ3v) is 4.90. The average Bonchev–Trinajstić information content (AvgIpc) is 3.39. The molecule has 154 valence electrons. The number of carbonyl (C=O) groups excluding carboxylic acids is 1. The van der Waals surface area contributed by atoms with Gasteiger partial charge in [-0.25, -0.2) is 15.0 Å². The van der Waals surface area contributed by atoms with E-state index < -0.39 is 0 Å². The van der Waals surface area contributed by atoms with Crippen molar-refractivity contribution in [3.63, 3.8) is 0 Å². The molecule has 4 aromatic rings. The van der Waals surface area contributed by atoms with E-state index in [1.165, 1.54) is 0 Å². The molecular formula is C21H24N8O. The van der Waals surface area contributed by atoms with E-state index in [-0.39, 0.29) is 18.5 Å². The van der Waals surface area contributed by atoms with Crippen LogP contribution in [0, 0.1) is 0 Å². The lowest BCUT2D eigenvalue weighted by Crippen LogP contribution is -2.33. The number of fused-ring (bicyclic) bond motifs is 1. The Bertz CT molecular complexity index is 1130. The molecule has 4 rings (SSSR count). The van der Waals surface area contributed by atoms with Gasteiger partial charge in [0, 0.05) is 18.8 Å². The van der Waals surface area contributed by atoms with E-state index in [2.05, 4.69) is 42.0 Å². The highest BCUT2D eigenvalue weighted by atomic mass is 16.2. The molecule has 0 aliphatic rings. The predicted molar refractivity (Wildman–Crippen MR) is 112 cm³/mol. The van der Waals surface area contributed by atoms with Crippen molar-refractivity contribution in [1.29, 1.82) is 0 Å². The number of nitrogens with zero attached hydrogens (tertiary/aromatic N) is 6. The third-order valence-electron chi connectivity index (χ3n) is 4.90. The summed E-state index contributed by atoms with van der Waals surface area (Å²) in [4.78, 5) is 30.4. The number of aromatic amines is 1. The van der Waals surface area contributed by atoms with Crippen molar-refractivity contribution >= 4 is 16.9 Å². The first-order valence-corrected chi connectivity index (χ1v) is 10.1. The second-order valence-corrected chi connectivity index (χ2v) is 6.97. The van der Waals surface area contributed by atoms with Crippen LogP contribution in [0.5, 0.6) is 0 Å².